The van der Waals surface area contributed by atoms with Gasteiger partial charge >= 0.3 is 5.97 Å². The Hall–Kier alpha value is -2.18. The molecule has 0 aromatic heterocycles. The second kappa shape index (κ2) is 67.3. The number of unbranched alkanes of at least 4 members (excludes halogenated alkanes) is 46. The van der Waals surface area contributed by atoms with Crippen LogP contribution in [0, 0.1) is 0 Å². The number of hydrogen-bond acceptors (Lipinski definition) is 5. The molecule has 78 heavy (non-hydrogen) atoms. The van der Waals surface area contributed by atoms with E-state index in [2.05, 4.69) is 67.8 Å². The Balaban J connectivity index is 3.43. The first-order chi connectivity index (χ1) is 38.5. The first-order valence-corrected chi connectivity index (χ1v) is 34.9. The molecule has 0 aliphatic heterocycles. The Morgan fingerprint density at radius 2 is 0.667 bits per heavy atom. The first kappa shape index (κ1) is 75.8. The number of carbonyl (C=O) groups excluding carboxylic acids is 2. The van der Waals surface area contributed by atoms with E-state index in [1.54, 1.807) is 0 Å². The predicted octanol–water partition coefficient (Wildman–Crippen LogP) is 22.5. The van der Waals surface area contributed by atoms with Crippen LogP contribution in [0.1, 0.15) is 373 Å². The fourth-order valence-electron chi connectivity index (χ4n) is 10.8. The fraction of sp³-hybridized carbons (Fsp3) is 0.861. The van der Waals surface area contributed by atoms with Crippen molar-refractivity contribution in [3.05, 3.63) is 48.6 Å². The van der Waals surface area contributed by atoms with E-state index in [1.807, 2.05) is 0 Å². The molecular weight excluding hydrogens is 959 g/mol. The van der Waals surface area contributed by atoms with Gasteiger partial charge in [0.1, 0.15) is 0 Å². The quantitative estimate of drug-likeness (QED) is 0.0320. The number of aliphatic hydroxyl groups is 2. The first-order valence-electron chi connectivity index (χ1n) is 34.9. The van der Waals surface area contributed by atoms with Crippen LogP contribution >= 0.6 is 0 Å². The van der Waals surface area contributed by atoms with E-state index in [9.17, 15) is 19.8 Å². The van der Waals surface area contributed by atoms with E-state index >= 15 is 0 Å². The summed E-state index contributed by atoms with van der Waals surface area (Å²) in [6.45, 7) is 4.91. The van der Waals surface area contributed by atoms with E-state index in [1.165, 1.54) is 283 Å². The highest BCUT2D eigenvalue weighted by Crippen LogP contribution is 2.18. The Labute approximate surface area is 486 Å². The van der Waals surface area contributed by atoms with Crippen LogP contribution in [0.25, 0.3) is 0 Å². The normalized spacial score (nSPS) is 12.8. The molecule has 0 saturated carbocycles. The molecule has 0 spiro atoms. The van der Waals surface area contributed by atoms with Crippen molar-refractivity contribution in [2.24, 2.45) is 0 Å². The molecule has 2 atom stereocenters. The lowest BCUT2D eigenvalue weighted by atomic mass is 10.0. The van der Waals surface area contributed by atoms with Crippen LogP contribution in [0.3, 0.4) is 0 Å². The van der Waals surface area contributed by atoms with E-state index in [-0.39, 0.29) is 18.5 Å². The van der Waals surface area contributed by atoms with Gasteiger partial charge in [-0.1, -0.05) is 326 Å². The largest absolute Gasteiger partial charge is 0.466 e. The summed E-state index contributed by atoms with van der Waals surface area (Å²) in [6.07, 6.45) is 87.2. The van der Waals surface area contributed by atoms with E-state index in [4.69, 9.17) is 4.74 Å². The molecule has 0 saturated heterocycles. The molecule has 2 unspecified atom stereocenters. The highest BCUT2D eigenvalue weighted by atomic mass is 16.5. The van der Waals surface area contributed by atoms with Crippen LogP contribution in [0.15, 0.2) is 48.6 Å². The van der Waals surface area contributed by atoms with E-state index in [0.29, 0.717) is 25.9 Å². The molecule has 458 valence electrons. The number of aliphatic hydroxyl groups excluding tert-OH is 2. The highest BCUT2D eigenvalue weighted by Gasteiger charge is 2.20. The maximum Gasteiger partial charge on any atom is 0.305 e. The van der Waals surface area contributed by atoms with E-state index in [0.717, 1.165) is 57.8 Å². The molecule has 0 aromatic rings. The zero-order chi connectivity index (χ0) is 56.4. The molecule has 6 nitrogen and oxygen atoms in total. The fourth-order valence-corrected chi connectivity index (χ4v) is 10.8. The van der Waals surface area contributed by atoms with Crippen LogP contribution in [0.5, 0.6) is 0 Å². The van der Waals surface area contributed by atoms with Gasteiger partial charge in [-0.2, -0.15) is 0 Å². The Morgan fingerprint density at radius 1 is 0.359 bits per heavy atom. The van der Waals surface area contributed by atoms with Gasteiger partial charge in [0.2, 0.25) is 5.91 Å². The van der Waals surface area contributed by atoms with Crippen LogP contribution in [0.4, 0.5) is 0 Å². The van der Waals surface area contributed by atoms with Gasteiger partial charge in [0.15, 0.2) is 0 Å². The number of nitrogens with one attached hydrogen (secondary N) is 1. The van der Waals surface area contributed by atoms with Crippen molar-refractivity contribution < 1.29 is 24.5 Å². The van der Waals surface area contributed by atoms with Crippen LogP contribution < -0.4 is 5.32 Å². The molecule has 1 amide bonds. The van der Waals surface area contributed by atoms with Crippen LogP contribution in [-0.4, -0.2) is 47.4 Å². The van der Waals surface area contributed by atoms with Crippen molar-refractivity contribution in [2.45, 2.75) is 386 Å². The van der Waals surface area contributed by atoms with Gasteiger partial charge < -0.3 is 20.3 Å². The number of hydrogen-bond donors (Lipinski definition) is 3. The molecule has 0 heterocycles. The number of allylic oxidation sites excluding steroid dienone is 8. The average molecular weight is 1090 g/mol. The van der Waals surface area contributed by atoms with Crippen molar-refractivity contribution >= 4 is 11.9 Å². The minimum atomic E-state index is -0.668. The molecule has 0 fully saturated rings. The summed E-state index contributed by atoms with van der Waals surface area (Å²) in [5, 5.41) is 23.4. The Morgan fingerprint density at radius 3 is 1.03 bits per heavy atom. The van der Waals surface area contributed by atoms with Gasteiger partial charge in [0, 0.05) is 12.8 Å². The summed E-state index contributed by atoms with van der Waals surface area (Å²) in [5.74, 6) is -0.0395. The highest BCUT2D eigenvalue weighted by molar-refractivity contribution is 5.76. The number of esters is 1. The second-order valence-corrected chi connectivity index (χ2v) is 23.9. The zero-order valence-electron chi connectivity index (χ0n) is 52.4. The Bertz CT molecular complexity index is 1310. The second-order valence-electron chi connectivity index (χ2n) is 23.9. The zero-order valence-corrected chi connectivity index (χ0v) is 52.4. The molecule has 6 heteroatoms. The third-order valence-corrected chi connectivity index (χ3v) is 16.1. The number of carbonyl (C=O) groups is 2. The number of amides is 1. The van der Waals surface area contributed by atoms with Crippen LogP contribution in [-0.2, 0) is 14.3 Å². The van der Waals surface area contributed by atoms with Gasteiger partial charge in [-0.15, -0.1) is 0 Å². The average Bonchev–Trinajstić information content (AvgIpc) is 3.44. The smallest absolute Gasteiger partial charge is 0.305 e. The van der Waals surface area contributed by atoms with Crippen molar-refractivity contribution in [3.8, 4) is 0 Å². The number of ether oxygens (including phenoxy) is 1. The van der Waals surface area contributed by atoms with Crippen molar-refractivity contribution in [3.63, 3.8) is 0 Å². The van der Waals surface area contributed by atoms with Gasteiger partial charge in [-0.3, -0.25) is 9.59 Å². The maximum atomic E-state index is 12.5. The molecule has 3 N–H and O–H groups in total. The van der Waals surface area contributed by atoms with Gasteiger partial charge in [0.25, 0.3) is 0 Å². The van der Waals surface area contributed by atoms with Gasteiger partial charge in [-0.25, -0.2) is 0 Å². The Kier molecular flexibility index (Phi) is 65.4. The topological polar surface area (TPSA) is 95.9 Å². The molecule has 0 radical (unpaired) electrons. The summed E-state index contributed by atoms with van der Waals surface area (Å²) in [7, 11) is 0. The van der Waals surface area contributed by atoms with Crippen molar-refractivity contribution in [1.82, 2.24) is 5.32 Å². The lowest BCUT2D eigenvalue weighted by Crippen LogP contribution is -2.45. The van der Waals surface area contributed by atoms with Crippen molar-refractivity contribution in [1.29, 1.82) is 0 Å². The molecule has 0 rings (SSSR count). The minimum absolute atomic E-state index is 0.00464. The third kappa shape index (κ3) is 63.0. The van der Waals surface area contributed by atoms with Crippen LogP contribution in [0.2, 0.25) is 0 Å². The summed E-state index contributed by atoms with van der Waals surface area (Å²) < 4.78 is 5.47. The molecular formula is C72H135NO5. The number of rotatable bonds is 65. The summed E-state index contributed by atoms with van der Waals surface area (Å²) in [5.41, 5.74) is 0. The SMILES string of the molecule is CCC/C=C\C/C=C\CCCCCCCC(=O)OCCCCCCCCCCC/C=C\C/C=C\CCCCCCCCCCCCCC(=O)NC(CO)C(O)CCCCCCCCCCCCCCCCCCCCCCC. The van der Waals surface area contributed by atoms with Gasteiger partial charge in [-0.05, 0) is 83.5 Å². The molecule has 0 aromatic carbocycles. The summed E-state index contributed by atoms with van der Waals surface area (Å²) in [6, 6.07) is -0.546. The monoisotopic (exact) mass is 1090 g/mol. The van der Waals surface area contributed by atoms with Crippen molar-refractivity contribution in [2.75, 3.05) is 13.2 Å². The molecule has 0 aliphatic rings. The standard InChI is InChI=1S/C72H135NO5/c1-3-5-7-9-11-13-15-17-18-19-20-28-31-34-37-41-44-48-52-56-60-64-70(75)69(68-74)73-71(76)65-61-57-53-49-45-42-38-35-32-29-26-24-22-21-23-25-27-30-33-36-39-43-47-51-55-59-63-67-78-72(77)66-62-58-54-50-46-40-16-14-12-10-8-6-4-2/h8,10,14,16,21-22,25,27,69-70,74-75H,3-7,9,11-13,15,17-20,23-24,26,28-68H2,1-2H3,(H,73,76)/b10-8-,16-14-,22-21-,27-25-. The maximum absolute atomic E-state index is 12.5. The third-order valence-electron chi connectivity index (χ3n) is 16.1. The molecule has 0 aliphatic carbocycles. The minimum Gasteiger partial charge on any atom is -0.466 e. The predicted molar refractivity (Wildman–Crippen MR) is 342 cm³/mol. The lowest BCUT2D eigenvalue weighted by molar-refractivity contribution is -0.143. The van der Waals surface area contributed by atoms with E-state index < -0.39 is 12.1 Å². The molecule has 0 bridgehead atoms. The summed E-state index contributed by atoms with van der Waals surface area (Å²) >= 11 is 0. The van der Waals surface area contributed by atoms with Gasteiger partial charge in [0.05, 0.1) is 25.4 Å². The lowest BCUT2D eigenvalue weighted by Gasteiger charge is -2.22. The summed E-state index contributed by atoms with van der Waals surface area (Å²) in [4.78, 5) is 24.6.